The van der Waals surface area contributed by atoms with Crippen molar-refractivity contribution in [1.29, 1.82) is 0 Å². The number of nitrogens with zero attached hydrogens (tertiary/aromatic N) is 1. The highest BCUT2D eigenvalue weighted by Gasteiger charge is 2.27. The second-order valence-electron chi connectivity index (χ2n) is 6.98. The fourth-order valence-electron chi connectivity index (χ4n) is 4.01. The van der Waals surface area contributed by atoms with E-state index in [1.807, 2.05) is 0 Å². The van der Waals surface area contributed by atoms with Crippen molar-refractivity contribution in [2.45, 2.75) is 90.3 Å². The van der Waals surface area contributed by atoms with Crippen LogP contribution < -0.4 is 5.32 Å². The Hall–Kier alpha value is -0.0800. The second-order valence-corrected chi connectivity index (χ2v) is 6.98. The highest BCUT2D eigenvalue weighted by molar-refractivity contribution is 4.85. The topological polar surface area (TPSA) is 15.3 Å². The van der Waals surface area contributed by atoms with Gasteiger partial charge in [-0.25, -0.2) is 0 Å². The van der Waals surface area contributed by atoms with Crippen LogP contribution in [0.1, 0.15) is 72.1 Å². The molecule has 0 radical (unpaired) electrons. The van der Waals surface area contributed by atoms with Crippen LogP contribution in [0.5, 0.6) is 0 Å². The van der Waals surface area contributed by atoms with Gasteiger partial charge in [-0.15, -0.1) is 0 Å². The molecule has 2 heteroatoms. The van der Waals surface area contributed by atoms with E-state index in [0.717, 1.165) is 24.0 Å². The van der Waals surface area contributed by atoms with Crippen LogP contribution in [0.25, 0.3) is 0 Å². The minimum atomic E-state index is 0.723. The Morgan fingerprint density at radius 2 is 1.63 bits per heavy atom. The van der Waals surface area contributed by atoms with Gasteiger partial charge in [0.15, 0.2) is 0 Å². The molecule has 0 amide bonds. The van der Waals surface area contributed by atoms with Gasteiger partial charge in [-0.05, 0) is 65.0 Å². The molecular formula is C17H34N2. The van der Waals surface area contributed by atoms with Gasteiger partial charge in [0.25, 0.3) is 0 Å². The first-order chi connectivity index (χ1) is 9.20. The number of rotatable bonds is 5. The molecular weight excluding hydrogens is 232 g/mol. The molecule has 2 aliphatic rings. The van der Waals surface area contributed by atoms with Crippen molar-refractivity contribution in [2.75, 3.05) is 13.1 Å². The van der Waals surface area contributed by atoms with E-state index in [4.69, 9.17) is 0 Å². The molecule has 0 spiro atoms. The van der Waals surface area contributed by atoms with Crippen molar-refractivity contribution in [2.24, 2.45) is 5.92 Å². The average molecular weight is 266 g/mol. The van der Waals surface area contributed by atoms with Gasteiger partial charge in [0.1, 0.15) is 0 Å². The fourth-order valence-corrected chi connectivity index (χ4v) is 4.01. The maximum atomic E-state index is 4.01. The highest BCUT2D eigenvalue weighted by Crippen LogP contribution is 2.28. The summed E-state index contributed by atoms with van der Waals surface area (Å²) in [6.45, 7) is 9.59. The number of nitrogens with one attached hydrogen (secondary N) is 1. The minimum Gasteiger partial charge on any atom is -0.311 e. The molecule has 0 bridgehead atoms. The second kappa shape index (κ2) is 7.64. The third-order valence-electron chi connectivity index (χ3n) is 5.37. The van der Waals surface area contributed by atoms with E-state index in [1.54, 1.807) is 0 Å². The van der Waals surface area contributed by atoms with Crippen LogP contribution in [-0.4, -0.2) is 36.1 Å². The van der Waals surface area contributed by atoms with Gasteiger partial charge in [-0.2, -0.15) is 0 Å². The summed E-state index contributed by atoms with van der Waals surface area (Å²) in [6.07, 6.45) is 11.4. The maximum Gasteiger partial charge on any atom is 0.00953 e. The van der Waals surface area contributed by atoms with Crippen LogP contribution in [0, 0.1) is 5.92 Å². The Labute approximate surface area is 120 Å². The highest BCUT2D eigenvalue weighted by atomic mass is 15.2. The number of piperidine rings is 1. The van der Waals surface area contributed by atoms with Gasteiger partial charge in [0.05, 0.1) is 0 Å². The van der Waals surface area contributed by atoms with Crippen LogP contribution in [0.15, 0.2) is 0 Å². The van der Waals surface area contributed by atoms with Crippen molar-refractivity contribution in [1.82, 2.24) is 10.2 Å². The quantitative estimate of drug-likeness (QED) is 0.814. The third-order valence-corrected chi connectivity index (χ3v) is 5.37. The monoisotopic (exact) mass is 266 g/mol. The van der Waals surface area contributed by atoms with Gasteiger partial charge in [-0.1, -0.05) is 26.2 Å². The van der Waals surface area contributed by atoms with Crippen molar-refractivity contribution in [3.8, 4) is 0 Å². The van der Waals surface area contributed by atoms with E-state index in [0.29, 0.717) is 0 Å². The van der Waals surface area contributed by atoms with Crippen molar-refractivity contribution in [3.63, 3.8) is 0 Å². The van der Waals surface area contributed by atoms with Crippen LogP contribution in [0.4, 0.5) is 0 Å². The number of hydrogen-bond donors (Lipinski definition) is 1. The van der Waals surface area contributed by atoms with Gasteiger partial charge >= 0.3 is 0 Å². The van der Waals surface area contributed by atoms with Gasteiger partial charge in [-0.3, -0.25) is 0 Å². The molecule has 0 aromatic heterocycles. The molecule has 1 aliphatic carbocycles. The Bertz CT molecular complexity index is 238. The molecule has 0 aromatic carbocycles. The summed E-state index contributed by atoms with van der Waals surface area (Å²) in [5, 5.41) is 4.01. The lowest BCUT2D eigenvalue weighted by Gasteiger charge is -2.39. The molecule has 1 atom stereocenters. The predicted octanol–water partition coefficient (Wildman–Crippen LogP) is 3.81. The summed E-state index contributed by atoms with van der Waals surface area (Å²) < 4.78 is 0. The van der Waals surface area contributed by atoms with Crippen LogP contribution in [-0.2, 0) is 0 Å². The van der Waals surface area contributed by atoms with E-state index in [2.05, 4.69) is 31.0 Å². The molecule has 1 N–H and O–H groups in total. The maximum absolute atomic E-state index is 4.01. The fraction of sp³-hybridized carbons (Fsp3) is 1.00. The van der Waals surface area contributed by atoms with Crippen LogP contribution in [0.3, 0.4) is 0 Å². The first-order valence-electron chi connectivity index (χ1n) is 8.70. The zero-order valence-corrected chi connectivity index (χ0v) is 13.3. The first kappa shape index (κ1) is 15.3. The van der Waals surface area contributed by atoms with E-state index in [1.165, 1.54) is 64.5 Å². The van der Waals surface area contributed by atoms with E-state index < -0.39 is 0 Å². The first-order valence-corrected chi connectivity index (χ1v) is 8.70. The number of likely N-dealkylation sites (tertiary alicyclic amines) is 1. The van der Waals surface area contributed by atoms with Crippen molar-refractivity contribution in [3.05, 3.63) is 0 Å². The van der Waals surface area contributed by atoms with E-state index in [-0.39, 0.29) is 0 Å². The summed E-state index contributed by atoms with van der Waals surface area (Å²) in [5.41, 5.74) is 0. The summed E-state index contributed by atoms with van der Waals surface area (Å²) in [7, 11) is 0. The molecule has 1 unspecified atom stereocenters. The molecule has 0 aromatic rings. The molecule has 112 valence electrons. The lowest BCUT2D eigenvalue weighted by Crippen LogP contribution is -2.49. The van der Waals surface area contributed by atoms with E-state index >= 15 is 0 Å². The predicted molar refractivity (Wildman–Crippen MR) is 83.5 cm³/mol. The summed E-state index contributed by atoms with van der Waals surface area (Å²) in [4.78, 5) is 2.62. The molecule has 2 fully saturated rings. The molecule has 2 rings (SSSR count). The van der Waals surface area contributed by atoms with Crippen LogP contribution >= 0.6 is 0 Å². The van der Waals surface area contributed by atoms with Crippen LogP contribution in [0.2, 0.25) is 0 Å². The van der Waals surface area contributed by atoms with Gasteiger partial charge < -0.3 is 10.2 Å². The average Bonchev–Trinajstić information content (AvgIpc) is 2.46. The normalized spacial score (nSPS) is 25.9. The Balaban J connectivity index is 1.76. The van der Waals surface area contributed by atoms with E-state index in [9.17, 15) is 0 Å². The Morgan fingerprint density at radius 1 is 1.00 bits per heavy atom. The lowest BCUT2D eigenvalue weighted by atomic mass is 9.82. The molecule has 1 heterocycles. The van der Waals surface area contributed by atoms with Crippen molar-refractivity contribution >= 4 is 0 Å². The zero-order valence-electron chi connectivity index (χ0n) is 13.3. The third kappa shape index (κ3) is 4.46. The minimum absolute atomic E-state index is 0.723. The summed E-state index contributed by atoms with van der Waals surface area (Å²) in [5.74, 6) is 0.960. The van der Waals surface area contributed by atoms with Gasteiger partial charge in [0.2, 0.25) is 0 Å². The Kier molecular flexibility index (Phi) is 6.15. The molecule has 1 aliphatic heterocycles. The molecule has 1 saturated heterocycles. The molecule has 1 saturated carbocycles. The standard InChI is InChI=1S/C17H34N2/c1-4-17(15-8-6-5-7-9-15)18-16-10-12-19(13-11-16)14(2)3/h14-18H,4-13H2,1-3H3. The van der Waals surface area contributed by atoms with Gasteiger partial charge in [0, 0.05) is 18.1 Å². The summed E-state index contributed by atoms with van der Waals surface area (Å²) >= 11 is 0. The SMILES string of the molecule is CCC(NC1CCN(C(C)C)CC1)C1CCCCC1. The Morgan fingerprint density at radius 3 is 2.16 bits per heavy atom. The smallest absolute Gasteiger partial charge is 0.00953 e. The largest absolute Gasteiger partial charge is 0.311 e. The zero-order chi connectivity index (χ0) is 13.7. The molecule has 19 heavy (non-hydrogen) atoms. The van der Waals surface area contributed by atoms with Crippen molar-refractivity contribution < 1.29 is 0 Å². The lowest BCUT2D eigenvalue weighted by molar-refractivity contribution is 0.144. The summed E-state index contributed by atoms with van der Waals surface area (Å²) in [6, 6.07) is 2.29. The molecule has 2 nitrogen and oxygen atoms in total. The number of hydrogen-bond acceptors (Lipinski definition) is 2.